The largest absolute Gasteiger partial charge is 0.323 e. The Kier molecular flexibility index (Phi) is 1.43. The molecule has 1 aliphatic rings. The lowest BCUT2D eigenvalue weighted by Crippen LogP contribution is -1.96. The molecule has 1 heterocycles. The van der Waals surface area contributed by atoms with Gasteiger partial charge in [-0.05, 0) is 0 Å². The minimum atomic E-state index is -3.36. The highest BCUT2D eigenvalue weighted by Crippen LogP contribution is 2.31. The summed E-state index contributed by atoms with van der Waals surface area (Å²) in [6.07, 6.45) is -0.0903. The molecule has 1 unspecified atom stereocenters. The van der Waals surface area contributed by atoms with E-state index < -0.39 is 17.9 Å². The van der Waals surface area contributed by atoms with Crippen molar-refractivity contribution >= 4 is 17.9 Å². The number of hydrogen-bond donors (Lipinski definition) is 0. The Morgan fingerprint density at radius 2 is 2.12 bits per heavy atom. The van der Waals surface area contributed by atoms with Gasteiger partial charge in [0.2, 0.25) is 0 Å². The lowest BCUT2D eigenvalue weighted by Gasteiger charge is -1.82. The highest BCUT2D eigenvalue weighted by atomic mass is 32.2. The average molecular weight is 156 g/mol. The molecule has 0 bridgehead atoms. The van der Waals surface area contributed by atoms with Crippen LogP contribution in [0.25, 0.3) is 0 Å². The van der Waals surface area contributed by atoms with Gasteiger partial charge in [-0.3, -0.25) is 4.18 Å². The van der Waals surface area contributed by atoms with Gasteiger partial charge < -0.3 is 4.57 Å². The third-order valence-corrected chi connectivity index (χ3v) is 4.59. The van der Waals surface area contributed by atoms with Crippen molar-refractivity contribution in [2.75, 3.05) is 11.8 Å². The van der Waals surface area contributed by atoms with Crippen LogP contribution in [0, 0.1) is 0 Å². The third kappa shape index (κ3) is 1.31. The molecule has 1 aliphatic heterocycles. The summed E-state index contributed by atoms with van der Waals surface area (Å²) in [4.78, 5) is 0. The molecule has 1 rings (SSSR count). The Bertz CT molecular complexity index is 204. The van der Waals surface area contributed by atoms with Crippen LogP contribution in [0.4, 0.5) is 0 Å². The van der Waals surface area contributed by atoms with Crippen LogP contribution in [0.3, 0.4) is 0 Å². The predicted octanol–water partition coefficient (Wildman–Crippen LogP) is -0.179. The van der Waals surface area contributed by atoms with Crippen molar-refractivity contribution in [1.29, 1.82) is 0 Å². The first-order valence-corrected chi connectivity index (χ1v) is 5.39. The van der Waals surface area contributed by atoms with Crippen LogP contribution in [0.15, 0.2) is 0 Å². The first-order chi connectivity index (χ1) is 3.60. The summed E-state index contributed by atoms with van der Waals surface area (Å²) >= 11 is 0. The maximum absolute atomic E-state index is 10.3. The molecule has 1 fully saturated rings. The quantitative estimate of drug-likeness (QED) is 0.360. The normalized spacial score (nSPS) is 35.2. The smallest absolute Gasteiger partial charge is 0.274 e. The van der Waals surface area contributed by atoms with Crippen molar-refractivity contribution in [3.8, 4) is 0 Å². The molecule has 6 heteroatoms. The van der Waals surface area contributed by atoms with Gasteiger partial charge in [0.1, 0.15) is 19.6 Å². The van der Waals surface area contributed by atoms with Gasteiger partial charge in [-0.25, -0.2) is 0 Å². The molecule has 8 heavy (non-hydrogen) atoms. The molecule has 4 nitrogen and oxygen atoms in total. The van der Waals surface area contributed by atoms with Crippen molar-refractivity contribution in [1.82, 2.24) is 0 Å². The summed E-state index contributed by atoms with van der Waals surface area (Å²) in [6, 6.07) is 0. The molecule has 0 amide bonds. The van der Waals surface area contributed by atoms with E-state index in [9.17, 15) is 13.0 Å². The average Bonchev–Trinajstić information content (AvgIpc) is 1.82. The molecule has 0 aromatic heterocycles. The monoisotopic (exact) mass is 156 g/mol. The van der Waals surface area contributed by atoms with E-state index in [1.165, 1.54) is 0 Å². The van der Waals surface area contributed by atoms with E-state index in [4.69, 9.17) is 0 Å². The summed E-state index contributed by atoms with van der Waals surface area (Å²) in [6.45, 7) is 0. The summed E-state index contributed by atoms with van der Waals surface area (Å²) in [5, 5.41) is 0. The highest BCUT2D eigenvalue weighted by molar-refractivity contribution is 7.94. The van der Waals surface area contributed by atoms with Gasteiger partial charge in [-0.15, -0.1) is 0 Å². The third-order valence-electron chi connectivity index (χ3n) is 0.737. The highest BCUT2D eigenvalue weighted by Gasteiger charge is 2.24. The minimum absolute atomic E-state index is 0.0903. The van der Waals surface area contributed by atoms with E-state index in [2.05, 4.69) is 4.18 Å². The van der Waals surface area contributed by atoms with Crippen LogP contribution in [0.5, 0.6) is 0 Å². The Balaban J connectivity index is 2.86. The van der Waals surface area contributed by atoms with Gasteiger partial charge in [0.15, 0.2) is 0 Å². The lowest BCUT2D eigenvalue weighted by molar-refractivity contribution is 0.388. The topological polar surface area (TPSA) is 60.4 Å². The van der Waals surface area contributed by atoms with Gasteiger partial charge in [0.05, 0.1) is 0 Å². The summed E-state index contributed by atoms with van der Waals surface area (Å²) in [7, 11) is -5.29. The maximum Gasteiger partial charge on any atom is 0.274 e. The van der Waals surface area contributed by atoms with Crippen molar-refractivity contribution in [2.24, 2.45) is 0 Å². The SMILES string of the molecule is O=[PH]1COS(=O)(=O)C1. The van der Waals surface area contributed by atoms with E-state index in [0.717, 1.165) is 0 Å². The van der Waals surface area contributed by atoms with E-state index in [0.29, 0.717) is 0 Å². The van der Waals surface area contributed by atoms with E-state index in [1.54, 1.807) is 0 Å². The van der Waals surface area contributed by atoms with Crippen LogP contribution in [-0.4, -0.2) is 20.3 Å². The molecule has 48 valence electrons. The molecule has 1 saturated heterocycles. The van der Waals surface area contributed by atoms with Crippen molar-refractivity contribution in [3.63, 3.8) is 0 Å². The first-order valence-electron chi connectivity index (χ1n) is 1.99. The molecule has 0 aromatic rings. The molecule has 1 atom stereocenters. The number of rotatable bonds is 0. The zero-order valence-electron chi connectivity index (χ0n) is 3.96. The van der Waals surface area contributed by atoms with Crippen LogP contribution >= 0.6 is 7.80 Å². The second-order valence-corrected chi connectivity index (χ2v) is 5.37. The van der Waals surface area contributed by atoms with Gasteiger partial charge in [-0.1, -0.05) is 0 Å². The zero-order valence-corrected chi connectivity index (χ0v) is 5.77. The van der Waals surface area contributed by atoms with Crippen LogP contribution < -0.4 is 0 Å². The molecular formula is C2H5O4PS. The molecular weight excluding hydrogens is 151 g/mol. The van der Waals surface area contributed by atoms with Crippen LogP contribution in [-0.2, 0) is 18.9 Å². The van der Waals surface area contributed by atoms with Crippen LogP contribution in [0.2, 0.25) is 0 Å². The molecule has 0 spiro atoms. The van der Waals surface area contributed by atoms with Crippen molar-refractivity contribution in [3.05, 3.63) is 0 Å². The van der Waals surface area contributed by atoms with Crippen molar-refractivity contribution < 1.29 is 17.2 Å². The first kappa shape index (κ1) is 6.26. The molecule has 0 aromatic carbocycles. The lowest BCUT2D eigenvalue weighted by atomic mass is 11.7. The fourth-order valence-corrected chi connectivity index (χ4v) is 3.92. The minimum Gasteiger partial charge on any atom is -0.323 e. The Morgan fingerprint density at radius 1 is 1.50 bits per heavy atom. The van der Waals surface area contributed by atoms with E-state index in [-0.39, 0.29) is 11.8 Å². The summed E-state index contributed by atoms with van der Waals surface area (Å²) in [5.74, 6) is 0. The van der Waals surface area contributed by atoms with E-state index in [1.807, 2.05) is 0 Å². The Morgan fingerprint density at radius 3 is 2.25 bits per heavy atom. The summed E-state index contributed by atoms with van der Waals surface area (Å²) < 4.78 is 35.0. The molecule has 0 aliphatic carbocycles. The predicted molar refractivity (Wildman–Crippen MR) is 28.7 cm³/mol. The fourth-order valence-electron chi connectivity index (χ4n) is 0.436. The standard InChI is InChI=1S/C2H5O4PS/c3-7-1-6-8(4,5)2-7/h7H,1-2H2. The molecule has 0 radical (unpaired) electrons. The fraction of sp³-hybridized carbons (Fsp3) is 1.00. The Labute approximate surface area is 47.8 Å². The van der Waals surface area contributed by atoms with Gasteiger partial charge in [0.25, 0.3) is 10.1 Å². The molecule has 0 saturated carbocycles. The van der Waals surface area contributed by atoms with Gasteiger partial charge >= 0.3 is 0 Å². The van der Waals surface area contributed by atoms with Gasteiger partial charge in [-0.2, -0.15) is 8.42 Å². The van der Waals surface area contributed by atoms with Crippen LogP contribution in [0.1, 0.15) is 0 Å². The number of hydrogen-bond acceptors (Lipinski definition) is 4. The van der Waals surface area contributed by atoms with Gasteiger partial charge in [0, 0.05) is 0 Å². The maximum atomic E-state index is 10.3. The van der Waals surface area contributed by atoms with E-state index >= 15 is 0 Å². The second kappa shape index (κ2) is 1.83. The Hall–Kier alpha value is 0.140. The summed E-state index contributed by atoms with van der Waals surface area (Å²) in [5.41, 5.74) is -0.266. The second-order valence-electron chi connectivity index (χ2n) is 1.50. The zero-order chi connectivity index (χ0) is 6.20. The van der Waals surface area contributed by atoms with Crippen molar-refractivity contribution in [2.45, 2.75) is 0 Å². The molecule has 0 N–H and O–H groups in total.